The van der Waals surface area contributed by atoms with Crippen LogP contribution in [0.4, 0.5) is 24.7 Å². The van der Waals surface area contributed by atoms with E-state index >= 15 is 13.2 Å². The number of benzene rings is 2. The second-order valence-electron chi connectivity index (χ2n) is 11.2. The average Bonchev–Trinajstić information content (AvgIpc) is 3.34. The Balaban J connectivity index is 1.57. The molecule has 1 aliphatic heterocycles. The van der Waals surface area contributed by atoms with E-state index in [1.807, 2.05) is 6.92 Å². The normalized spacial score (nSPS) is 17.2. The van der Waals surface area contributed by atoms with Gasteiger partial charge in [0.05, 0.1) is 30.3 Å². The van der Waals surface area contributed by atoms with Crippen LogP contribution in [0.25, 0.3) is 10.9 Å². The molecular weight excluding hydrogens is 477 g/mol. The van der Waals surface area contributed by atoms with E-state index in [0.717, 1.165) is 43.3 Å². The lowest BCUT2D eigenvalue weighted by atomic mass is 9.82. The lowest BCUT2D eigenvalue weighted by molar-refractivity contribution is -0.107. The second kappa shape index (κ2) is 9.46. The van der Waals surface area contributed by atoms with Gasteiger partial charge in [-0.05, 0) is 50.3 Å². The van der Waals surface area contributed by atoms with Crippen molar-refractivity contribution < 1.29 is 17.9 Å². The molecule has 0 spiro atoms. The van der Waals surface area contributed by atoms with Crippen molar-refractivity contribution in [1.29, 1.82) is 0 Å². The number of morpholine rings is 1. The third-order valence-corrected chi connectivity index (χ3v) is 7.63. The van der Waals surface area contributed by atoms with Crippen LogP contribution < -0.4 is 10.2 Å². The Morgan fingerprint density at radius 3 is 2.46 bits per heavy atom. The Labute approximate surface area is 216 Å². The fourth-order valence-electron chi connectivity index (χ4n) is 5.47. The van der Waals surface area contributed by atoms with E-state index in [1.54, 1.807) is 13.0 Å². The van der Waals surface area contributed by atoms with E-state index in [2.05, 4.69) is 21.3 Å². The van der Waals surface area contributed by atoms with Crippen molar-refractivity contribution in [3.05, 3.63) is 58.2 Å². The fraction of sp³-hybridized carbons (Fsp3) is 0.517. The smallest absolute Gasteiger partial charge is 0.280 e. The summed E-state index contributed by atoms with van der Waals surface area (Å²) in [6.07, 6.45) is 3.04. The maximum Gasteiger partial charge on any atom is 0.280 e. The molecule has 1 aromatic heterocycles. The quantitative estimate of drug-likeness (QED) is 0.412. The lowest BCUT2D eigenvalue weighted by Crippen LogP contribution is -2.36. The monoisotopic (exact) mass is 512 g/mol. The van der Waals surface area contributed by atoms with Gasteiger partial charge in [-0.2, -0.15) is 0 Å². The van der Waals surface area contributed by atoms with Crippen LogP contribution in [0, 0.1) is 18.2 Å². The van der Waals surface area contributed by atoms with Crippen molar-refractivity contribution in [1.82, 2.24) is 9.97 Å². The number of nitrogens with zero attached hydrogens (tertiary/aromatic N) is 3. The molecule has 37 heavy (non-hydrogen) atoms. The molecule has 0 unspecified atom stereocenters. The molecule has 1 aliphatic carbocycles. The van der Waals surface area contributed by atoms with Crippen molar-refractivity contribution in [3.8, 4) is 0 Å². The van der Waals surface area contributed by atoms with Gasteiger partial charge in [0.2, 0.25) is 0 Å². The number of hydrogen-bond acceptors (Lipinski definition) is 5. The van der Waals surface area contributed by atoms with Crippen LogP contribution in [0.15, 0.2) is 24.3 Å². The molecule has 1 atom stereocenters. The number of rotatable bonds is 5. The van der Waals surface area contributed by atoms with E-state index in [9.17, 15) is 0 Å². The van der Waals surface area contributed by atoms with Gasteiger partial charge in [0.1, 0.15) is 17.5 Å². The Hall–Kier alpha value is -2.87. The summed E-state index contributed by atoms with van der Waals surface area (Å²) in [6.45, 7) is 10.9. The van der Waals surface area contributed by atoms with Gasteiger partial charge in [0, 0.05) is 35.1 Å². The lowest BCUT2D eigenvalue weighted by Gasteiger charge is -2.32. The molecule has 3 aromatic rings. The predicted molar refractivity (Wildman–Crippen MR) is 141 cm³/mol. The van der Waals surface area contributed by atoms with Gasteiger partial charge in [0.15, 0.2) is 0 Å². The summed E-state index contributed by atoms with van der Waals surface area (Å²) in [7, 11) is 0. The summed E-state index contributed by atoms with van der Waals surface area (Å²) in [6, 6.07) is 5.78. The number of hydrogen-bond donors (Lipinski definition) is 1. The summed E-state index contributed by atoms with van der Waals surface area (Å²) in [5, 5.41) is 4.21. The minimum atomic E-state index is -3.32. The van der Waals surface area contributed by atoms with Crippen molar-refractivity contribution in [3.63, 3.8) is 0 Å². The third kappa shape index (κ3) is 4.54. The highest BCUT2D eigenvalue weighted by Gasteiger charge is 2.47. The van der Waals surface area contributed by atoms with Crippen LogP contribution in [0.1, 0.15) is 68.2 Å². The molecule has 0 amide bonds. The molecule has 2 aromatic carbocycles. The number of ether oxygens (including phenoxy) is 1. The average molecular weight is 513 g/mol. The van der Waals surface area contributed by atoms with E-state index in [-0.39, 0.29) is 5.56 Å². The van der Waals surface area contributed by atoms with Crippen LogP contribution in [0.2, 0.25) is 0 Å². The number of anilines is 2. The summed E-state index contributed by atoms with van der Waals surface area (Å²) < 4.78 is 51.3. The van der Waals surface area contributed by atoms with Crippen LogP contribution in [-0.2, 0) is 23.5 Å². The molecule has 2 heterocycles. The first-order chi connectivity index (χ1) is 17.5. The maximum absolute atomic E-state index is 15.6. The van der Waals surface area contributed by atoms with Crippen LogP contribution in [-0.4, -0.2) is 36.3 Å². The molecule has 0 saturated carbocycles. The van der Waals surface area contributed by atoms with Crippen molar-refractivity contribution >= 4 is 22.4 Å². The van der Waals surface area contributed by atoms with E-state index in [4.69, 9.17) is 9.72 Å². The van der Waals surface area contributed by atoms with Gasteiger partial charge in [-0.15, -0.1) is 0 Å². The highest BCUT2D eigenvalue weighted by atomic mass is 19.3. The summed E-state index contributed by atoms with van der Waals surface area (Å²) in [5.74, 6) is -3.00. The zero-order chi connectivity index (χ0) is 26.5. The maximum atomic E-state index is 15.6. The minimum absolute atomic E-state index is 0.181. The highest BCUT2D eigenvalue weighted by molar-refractivity contribution is 5.96. The van der Waals surface area contributed by atoms with Crippen molar-refractivity contribution in [2.45, 2.75) is 65.8 Å². The molecule has 5 rings (SSSR count). The largest absolute Gasteiger partial charge is 0.378 e. The Kier molecular flexibility index (Phi) is 6.59. The Bertz CT molecular complexity index is 1330. The molecule has 0 bridgehead atoms. The minimum Gasteiger partial charge on any atom is -0.378 e. The molecule has 1 N–H and O–H groups in total. The van der Waals surface area contributed by atoms with Crippen molar-refractivity contribution in [2.75, 3.05) is 36.5 Å². The summed E-state index contributed by atoms with van der Waals surface area (Å²) >= 11 is 0. The fourth-order valence-corrected chi connectivity index (χ4v) is 5.47. The van der Waals surface area contributed by atoms with Crippen LogP contribution in [0.5, 0.6) is 0 Å². The summed E-state index contributed by atoms with van der Waals surface area (Å²) in [4.78, 5) is 11.8. The number of aromatic nitrogens is 2. The first-order valence-corrected chi connectivity index (χ1v) is 13.1. The summed E-state index contributed by atoms with van der Waals surface area (Å²) in [5.41, 5.74) is 2.87. The number of fused-ring (bicyclic) bond motifs is 3. The van der Waals surface area contributed by atoms with Gasteiger partial charge >= 0.3 is 0 Å². The molecule has 8 heteroatoms. The second-order valence-corrected chi connectivity index (χ2v) is 11.2. The Morgan fingerprint density at radius 1 is 1.05 bits per heavy atom. The van der Waals surface area contributed by atoms with Gasteiger partial charge in [-0.3, -0.25) is 0 Å². The Morgan fingerprint density at radius 2 is 1.76 bits per heavy atom. The van der Waals surface area contributed by atoms with Gasteiger partial charge in [-0.1, -0.05) is 39.0 Å². The molecule has 1 fully saturated rings. The van der Waals surface area contributed by atoms with Crippen molar-refractivity contribution in [2.24, 2.45) is 5.41 Å². The van der Waals surface area contributed by atoms with Gasteiger partial charge in [-0.25, -0.2) is 23.1 Å². The molecular formula is C29H35F3N4O. The standard InChI is InChI=1S/C29H35F3N4O/c1-17(19-8-7-11-23(25(19)30)29(31,32)28(3,4)5)33-27-22-16-24(36-12-14-37-15-13-36)20-9-6-10-21(20)26(22)34-18(2)35-27/h7-8,11,16-17H,6,9-10,12-15H2,1-5H3,(H,33,34,35)/t17-/m1/s1. The zero-order valence-corrected chi connectivity index (χ0v) is 22.2. The first-order valence-electron chi connectivity index (χ1n) is 13.1. The third-order valence-electron chi connectivity index (χ3n) is 7.63. The zero-order valence-electron chi connectivity index (χ0n) is 22.2. The van der Waals surface area contributed by atoms with E-state index < -0.39 is 28.8 Å². The van der Waals surface area contributed by atoms with Gasteiger partial charge in [0.25, 0.3) is 5.92 Å². The molecule has 1 saturated heterocycles. The number of aryl methyl sites for hydroxylation is 2. The van der Waals surface area contributed by atoms with Crippen LogP contribution >= 0.6 is 0 Å². The number of alkyl halides is 2. The number of nitrogens with one attached hydrogen (secondary N) is 1. The van der Waals surface area contributed by atoms with E-state index in [1.165, 1.54) is 49.7 Å². The van der Waals surface area contributed by atoms with E-state index in [0.29, 0.717) is 24.9 Å². The van der Waals surface area contributed by atoms with Crippen LogP contribution in [0.3, 0.4) is 0 Å². The molecule has 0 radical (unpaired) electrons. The molecule has 5 nitrogen and oxygen atoms in total. The molecule has 2 aliphatic rings. The van der Waals surface area contributed by atoms with Gasteiger partial charge < -0.3 is 15.0 Å². The topological polar surface area (TPSA) is 50.3 Å². The predicted octanol–water partition coefficient (Wildman–Crippen LogP) is 6.71. The highest BCUT2D eigenvalue weighted by Crippen LogP contribution is 2.46. The number of halogens is 3. The SMILES string of the molecule is Cc1nc(N[C@H](C)c2cccc(C(F)(F)C(C)(C)C)c2F)c2cc(N3CCOCC3)c3c(c2n1)CCC3. The molecule has 198 valence electrons. The first kappa shape index (κ1) is 25.8.